The Kier molecular flexibility index (Phi) is 3.32. The van der Waals surface area contributed by atoms with Crippen molar-refractivity contribution in [1.82, 2.24) is 4.98 Å². The molecule has 2 aliphatic rings. The maximum atomic E-state index is 12.1. The number of amides is 1. The molecule has 1 fully saturated rings. The molecule has 2 aromatic rings. The normalized spacial score (nSPS) is 21.3. The van der Waals surface area contributed by atoms with E-state index in [0.29, 0.717) is 17.1 Å². The van der Waals surface area contributed by atoms with Crippen LogP contribution in [0.2, 0.25) is 0 Å². The number of nitriles is 1. The Bertz CT molecular complexity index is 844. The highest BCUT2D eigenvalue weighted by atomic mass is 16.6. The number of hydrogen-bond acceptors (Lipinski definition) is 6. The van der Waals surface area contributed by atoms with Gasteiger partial charge >= 0.3 is 6.09 Å². The van der Waals surface area contributed by atoms with Crippen LogP contribution >= 0.6 is 0 Å². The molecular formula is C17H13N3O4. The number of carbonyl (C=O) groups is 1. The molecule has 0 radical (unpaired) electrons. The van der Waals surface area contributed by atoms with E-state index < -0.39 is 12.2 Å². The van der Waals surface area contributed by atoms with Crippen LogP contribution in [0.1, 0.15) is 5.69 Å². The number of pyridine rings is 1. The molecule has 24 heavy (non-hydrogen) atoms. The highest BCUT2D eigenvalue weighted by Crippen LogP contribution is 2.40. The number of benzene rings is 1. The lowest BCUT2D eigenvalue weighted by molar-refractivity contribution is 0.0734. The number of cyclic esters (lactones) is 1. The lowest BCUT2D eigenvalue weighted by Gasteiger charge is -2.31. The lowest BCUT2D eigenvalue weighted by Crippen LogP contribution is -2.45. The van der Waals surface area contributed by atoms with Crippen LogP contribution in [0.15, 0.2) is 36.5 Å². The van der Waals surface area contributed by atoms with Gasteiger partial charge in [-0.15, -0.1) is 0 Å². The zero-order valence-electron chi connectivity index (χ0n) is 12.5. The minimum absolute atomic E-state index is 0.236. The summed E-state index contributed by atoms with van der Waals surface area (Å²) >= 11 is 0. The standard InChI is InChI=1S/C17H13N3O4/c18-6-12-3-1-11(7-19-12)10-2-4-13-15(5-10)23-9-14-16(8-21)24-17(22)20(13)14/h1-5,7,14,16,21H,8-9H2. The first-order valence-corrected chi connectivity index (χ1v) is 7.45. The first-order valence-electron chi connectivity index (χ1n) is 7.45. The summed E-state index contributed by atoms with van der Waals surface area (Å²) in [6.45, 7) is 0.0274. The van der Waals surface area contributed by atoms with Crippen molar-refractivity contribution in [2.45, 2.75) is 12.1 Å². The number of aromatic nitrogens is 1. The fourth-order valence-corrected chi connectivity index (χ4v) is 3.00. The molecule has 1 aromatic carbocycles. The summed E-state index contributed by atoms with van der Waals surface area (Å²) in [6, 6.07) is 10.6. The third-order valence-electron chi connectivity index (χ3n) is 4.23. The molecule has 0 aliphatic carbocycles. The van der Waals surface area contributed by atoms with Crippen LogP contribution < -0.4 is 9.64 Å². The number of hydrogen-bond donors (Lipinski definition) is 1. The van der Waals surface area contributed by atoms with Crippen molar-refractivity contribution >= 4 is 11.8 Å². The van der Waals surface area contributed by atoms with Gasteiger partial charge in [-0.05, 0) is 29.8 Å². The van der Waals surface area contributed by atoms with Gasteiger partial charge in [0, 0.05) is 11.8 Å². The number of fused-ring (bicyclic) bond motifs is 3. The molecule has 1 amide bonds. The number of carbonyl (C=O) groups excluding carboxylic acids is 1. The largest absolute Gasteiger partial charge is 0.489 e. The van der Waals surface area contributed by atoms with Crippen LogP contribution in [0.3, 0.4) is 0 Å². The first kappa shape index (κ1) is 14.5. The van der Waals surface area contributed by atoms with Crippen molar-refractivity contribution in [1.29, 1.82) is 5.26 Å². The van der Waals surface area contributed by atoms with E-state index in [0.717, 1.165) is 11.1 Å². The molecule has 2 unspecified atom stereocenters. The molecule has 7 nitrogen and oxygen atoms in total. The SMILES string of the molecule is N#Cc1ccc(-c2ccc3c(c2)OCC2C(CO)OC(=O)N32)cn1. The van der Waals surface area contributed by atoms with E-state index in [1.54, 1.807) is 18.3 Å². The van der Waals surface area contributed by atoms with E-state index in [-0.39, 0.29) is 19.3 Å². The van der Waals surface area contributed by atoms with Gasteiger partial charge in [0.1, 0.15) is 30.2 Å². The molecule has 2 aliphatic heterocycles. The van der Waals surface area contributed by atoms with E-state index in [1.165, 1.54) is 4.90 Å². The zero-order valence-corrected chi connectivity index (χ0v) is 12.5. The van der Waals surface area contributed by atoms with Crippen molar-refractivity contribution in [2.75, 3.05) is 18.1 Å². The molecule has 1 saturated heterocycles. The highest BCUT2D eigenvalue weighted by molar-refractivity contribution is 5.94. The molecule has 7 heteroatoms. The monoisotopic (exact) mass is 323 g/mol. The van der Waals surface area contributed by atoms with Gasteiger partial charge in [-0.3, -0.25) is 4.90 Å². The Morgan fingerprint density at radius 2 is 2.17 bits per heavy atom. The summed E-state index contributed by atoms with van der Waals surface area (Å²) < 4.78 is 10.9. The molecule has 0 bridgehead atoms. The molecule has 1 aromatic heterocycles. The van der Waals surface area contributed by atoms with Crippen LogP contribution in [0.4, 0.5) is 10.5 Å². The number of ether oxygens (including phenoxy) is 2. The van der Waals surface area contributed by atoms with Crippen molar-refractivity contribution in [2.24, 2.45) is 0 Å². The number of aliphatic hydroxyl groups is 1. The summed E-state index contributed by atoms with van der Waals surface area (Å²) in [5.41, 5.74) is 2.69. The van der Waals surface area contributed by atoms with Crippen molar-refractivity contribution in [3.8, 4) is 22.9 Å². The van der Waals surface area contributed by atoms with Gasteiger partial charge in [0.05, 0.1) is 12.3 Å². The quantitative estimate of drug-likeness (QED) is 0.903. The van der Waals surface area contributed by atoms with Crippen LogP contribution in [0, 0.1) is 11.3 Å². The van der Waals surface area contributed by atoms with E-state index in [4.69, 9.17) is 14.7 Å². The molecule has 4 rings (SSSR count). The van der Waals surface area contributed by atoms with Gasteiger partial charge in [-0.25, -0.2) is 9.78 Å². The predicted molar refractivity (Wildman–Crippen MR) is 83.5 cm³/mol. The minimum atomic E-state index is -0.576. The van der Waals surface area contributed by atoms with Crippen LogP contribution in [-0.4, -0.2) is 41.5 Å². The summed E-state index contributed by atoms with van der Waals surface area (Å²) in [7, 11) is 0. The maximum Gasteiger partial charge on any atom is 0.415 e. The Morgan fingerprint density at radius 1 is 1.33 bits per heavy atom. The molecular weight excluding hydrogens is 310 g/mol. The lowest BCUT2D eigenvalue weighted by atomic mass is 10.0. The third kappa shape index (κ3) is 2.16. The van der Waals surface area contributed by atoms with Gasteiger partial charge in [-0.2, -0.15) is 5.26 Å². The Balaban J connectivity index is 1.70. The highest BCUT2D eigenvalue weighted by Gasteiger charge is 2.46. The van der Waals surface area contributed by atoms with E-state index in [1.807, 2.05) is 24.3 Å². The molecule has 0 spiro atoms. The minimum Gasteiger partial charge on any atom is -0.489 e. The number of nitrogens with zero attached hydrogens (tertiary/aromatic N) is 3. The van der Waals surface area contributed by atoms with Gasteiger partial charge in [0.15, 0.2) is 6.10 Å². The second-order valence-corrected chi connectivity index (χ2v) is 5.58. The first-order chi connectivity index (χ1) is 11.7. The maximum absolute atomic E-state index is 12.1. The number of aliphatic hydroxyl groups excluding tert-OH is 1. The summed E-state index contributed by atoms with van der Waals surface area (Å²) in [5.74, 6) is 0.573. The van der Waals surface area contributed by atoms with Gasteiger partial charge < -0.3 is 14.6 Å². The number of anilines is 1. The molecule has 0 saturated carbocycles. The van der Waals surface area contributed by atoms with Crippen LogP contribution in [-0.2, 0) is 4.74 Å². The van der Waals surface area contributed by atoms with Crippen molar-refractivity contribution < 1.29 is 19.4 Å². The second kappa shape index (κ2) is 5.51. The van der Waals surface area contributed by atoms with Gasteiger partial charge in [0.2, 0.25) is 0 Å². The number of rotatable bonds is 2. The Hall–Kier alpha value is -3.11. The Morgan fingerprint density at radius 3 is 2.88 bits per heavy atom. The smallest absolute Gasteiger partial charge is 0.415 e. The molecule has 3 heterocycles. The molecule has 2 atom stereocenters. The second-order valence-electron chi connectivity index (χ2n) is 5.58. The fraction of sp³-hybridized carbons (Fsp3) is 0.235. The van der Waals surface area contributed by atoms with E-state index in [9.17, 15) is 9.90 Å². The average molecular weight is 323 g/mol. The van der Waals surface area contributed by atoms with Gasteiger partial charge in [-0.1, -0.05) is 6.07 Å². The summed E-state index contributed by atoms with van der Waals surface area (Å²) in [4.78, 5) is 17.6. The molecule has 120 valence electrons. The predicted octanol–water partition coefficient (Wildman–Crippen LogP) is 1.70. The third-order valence-corrected chi connectivity index (χ3v) is 4.23. The summed E-state index contributed by atoms with van der Waals surface area (Å²) in [6.07, 6.45) is 0.571. The topological polar surface area (TPSA) is 95.7 Å². The van der Waals surface area contributed by atoms with Crippen LogP contribution in [0.25, 0.3) is 11.1 Å². The fourth-order valence-electron chi connectivity index (χ4n) is 3.00. The van der Waals surface area contributed by atoms with Crippen molar-refractivity contribution in [3.63, 3.8) is 0 Å². The van der Waals surface area contributed by atoms with E-state index >= 15 is 0 Å². The average Bonchev–Trinajstić information content (AvgIpc) is 2.97. The van der Waals surface area contributed by atoms with Crippen molar-refractivity contribution in [3.05, 3.63) is 42.2 Å². The van der Waals surface area contributed by atoms with Crippen LogP contribution in [0.5, 0.6) is 5.75 Å². The van der Waals surface area contributed by atoms with Gasteiger partial charge in [0.25, 0.3) is 0 Å². The Labute approximate surface area is 137 Å². The zero-order chi connectivity index (χ0) is 16.7. The summed E-state index contributed by atoms with van der Waals surface area (Å²) in [5, 5.41) is 18.1. The molecule has 1 N–H and O–H groups in total. The van der Waals surface area contributed by atoms with E-state index in [2.05, 4.69) is 4.98 Å².